The quantitative estimate of drug-likeness (QED) is 0.673. The van der Waals surface area contributed by atoms with Gasteiger partial charge in [-0.25, -0.2) is 9.88 Å². The third kappa shape index (κ3) is 2.79. The van der Waals surface area contributed by atoms with Gasteiger partial charge in [0.25, 0.3) is 11.8 Å². The van der Waals surface area contributed by atoms with Gasteiger partial charge in [0.1, 0.15) is 5.82 Å². The zero-order valence-corrected chi connectivity index (χ0v) is 14.7. The minimum absolute atomic E-state index is 0.357. The number of carbonyl (C=O) groups is 2. The second-order valence-corrected chi connectivity index (χ2v) is 6.40. The van der Waals surface area contributed by atoms with Crippen LogP contribution in [0.1, 0.15) is 37.7 Å². The largest absolute Gasteiger partial charge is 0.338 e. The molecule has 0 fully saturated rings. The summed E-state index contributed by atoms with van der Waals surface area (Å²) >= 11 is 0. The fraction of sp³-hybridized carbons (Fsp3) is 0.143. The summed E-state index contributed by atoms with van der Waals surface area (Å²) in [4.78, 5) is 31.2. The Morgan fingerprint density at radius 2 is 1.74 bits per heavy atom. The molecule has 3 aromatic rings. The molecule has 0 N–H and O–H groups in total. The predicted molar refractivity (Wildman–Crippen MR) is 99.4 cm³/mol. The van der Waals surface area contributed by atoms with E-state index in [4.69, 9.17) is 0 Å². The Kier molecular flexibility index (Phi) is 4.05. The number of hydrogen-bond donors (Lipinski definition) is 0. The number of imide groups is 1. The molecule has 4 rings (SSSR count). The molecule has 0 aliphatic carbocycles. The van der Waals surface area contributed by atoms with E-state index < -0.39 is 0 Å². The average molecular weight is 356 g/mol. The van der Waals surface area contributed by atoms with E-state index in [9.17, 15) is 14.9 Å². The number of amides is 2. The third-order valence-electron chi connectivity index (χ3n) is 4.79. The highest BCUT2D eigenvalue weighted by Crippen LogP contribution is 2.32. The topological polar surface area (TPSA) is 79.0 Å². The number of aryl methyl sites for hydroxylation is 3. The normalized spacial score (nSPS) is 13.0. The minimum atomic E-state index is -0.357. The number of nitrogens with zero attached hydrogens (tertiary/aromatic N) is 4. The van der Waals surface area contributed by atoms with Gasteiger partial charge in [0.2, 0.25) is 0 Å². The molecule has 0 bridgehead atoms. The molecule has 0 spiro atoms. The first-order chi connectivity index (χ1) is 13.1. The molecule has 132 valence electrons. The van der Waals surface area contributed by atoms with Gasteiger partial charge in [0.05, 0.1) is 28.4 Å². The first-order valence-electron chi connectivity index (χ1n) is 8.57. The van der Waals surface area contributed by atoms with Crippen molar-refractivity contribution in [2.45, 2.75) is 12.8 Å². The molecular formula is C21H16N4O2. The lowest BCUT2D eigenvalue weighted by Crippen LogP contribution is -2.30. The van der Waals surface area contributed by atoms with Crippen molar-refractivity contribution < 1.29 is 9.59 Å². The maximum Gasteiger partial charge on any atom is 0.266 e. The lowest BCUT2D eigenvalue weighted by atomic mass is 10.0. The van der Waals surface area contributed by atoms with Gasteiger partial charge in [0.15, 0.2) is 0 Å². The maximum absolute atomic E-state index is 12.9. The first-order valence-corrected chi connectivity index (χ1v) is 8.57. The van der Waals surface area contributed by atoms with Crippen LogP contribution in [0.15, 0.2) is 54.9 Å². The van der Waals surface area contributed by atoms with Gasteiger partial charge in [0, 0.05) is 25.9 Å². The van der Waals surface area contributed by atoms with E-state index in [1.165, 1.54) is 4.90 Å². The summed E-state index contributed by atoms with van der Waals surface area (Å²) in [5, 5.41) is 9.27. The number of benzene rings is 2. The minimum Gasteiger partial charge on any atom is -0.338 e. The molecule has 0 saturated carbocycles. The molecule has 0 saturated heterocycles. The Bertz CT molecular complexity index is 1070. The van der Waals surface area contributed by atoms with E-state index >= 15 is 0 Å². The molecule has 0 atom stereocenters. The standard InChI is InChI=1S/C21H16N4O2/c1-24-11-10-23-19(24)9-8-15-7-6-14(13-22)12-18(15)25-20(26)16-4-2-3-5-17(16)21(25)27/h2-7,10-12H,8-9H2,1H3. The summed E-state index contributed by atoms with van der Waals surface area (Å²) in [5.74, 6) is 0.195. The molecule has 0 unspecified atom stereocenters. The summed E-state index contributed by atoms with van der Waals surface area (Å²) in [5.41, 5.74) is 2.48. The Labute approximate surface area is 156 Å². The van der Waals surface area contributed by atoms with Crippen molar-refractivity contribution in [3.05, 3.63) is 82.9 Å². The van der Waals surface area contributed by atoms with Crippen molar-refractivity contribution in [2.75, 3.05) is 4.90 Å². The molecule has 1 aliphatic heterocycles. The van der Waals surface area contributed by atoms with Gasteiger partial charge in [-0.05, 0) is 36.2 Å². The van der Waals surface area contributed by atoms with Gasteiger partial charge in [-0.1, -0.05) is 18.2 Å². The third-order valence-corrected chi connectivity index (χ3v) is 4.79. The van der Waals surface area contributed by atoms with Crippen molar-refractivity contribution >= 4 is 17.5 Å². The summed E-state index contributed by atoms with van der Waals surface area (Å²) < 4.78 is 1.94. The van der Waals surface area contributed by atoms with Crippen LogP contribution in [0.5, 0.6) is 0 Å². The maximum atomic E-state index is 12.9. The van der Waals surface area contributed by atoms with Gasteiger partial charge in [-0.3, -0.25) is 9.59 Å². The van der Waals surface area contributed by atoms with Crippen LogP contribution in [0.4, 0.5) is 5.69 Å². The van der Waals surface area contributed by atoms with Crippen LogP contribution in [0.25, 0.3) is 0 Å². The smallest absolute Gasteiger partial charge is 0.266 e. The first kappa shape index (κ1) is 16.7. The molecule has 27 heavy (non-hydrogen) atoms. The second kappa shape index (κ2) is 6.54. The molecular weight excluding hydrogens is 340 g/mol. The van der Waals surface area contributed by atoms with Crippen LogP contribution < -0.4 is 4.90 Å². The van der Waals surface area contributed by atoms with Crippen molar-refractivity contribution in [3.63, 3.8) is 0 Å². The number of nitriles is 1. The van der Waals surface area contributed by atoms with Crippen LogP contribution in [-0.4, -0.2) is 21.4 Å². The van der Waals surface area contributed by atoms with Crippen molar-refractivity contribution in [1.82, 2.24) is 9.55 Å². The number of hydrogen-bond acceptors (Lipinski definition) is 4. The Balaban J connectivity index is 1.74. The average Bonchev–Trinajstić information content (AvgIpc) is 3.21. The Hall–Kier alpha value is -3.72. The van der Waals surface area contributed by atoms with E-state index in [2.05, 4.69) is 11.1 Å². The number of aromatic nitrogens is 2. The fourth-order valence-electron chi connectivity index (χ4n) is 3.34. The number of anilines is 1. The number of imidazole rings is 1. The zero-order chi connectivity index (χ0) is 19.0. The molecule has 2 heterocycles. The Morgan fingerprint density at radius 3 is 2.33 bits per heavy atom. The van der Waals surface area contributed by atoms with Crippen molar-refractivity contribution in [1.29, 1.82) is 5.26 Å². The molecule has 6 heteroatoms. The van der Waals surface area contributed by atoms with E-state index in [0.717, 1.165) is 11.4 Å². The zero-order valence-electron chi connectivity index (χ0n) is 14.7. The number of carbonyl (C=O) groups excluding carboxylic acids is 2. The van der Waals surface area contributed by atoms with E-state index in [-0.39, 0.29) is 11.8 Å². The van der Waals surface area contributed by atoms with Crippen LogP contribution in [-0.2, 0) is 19.9 Å². The fourth-order valence-corrected chi connectivity index (χ4v) is 3.34. The highest BCUT2D eigenvalue weighted by Gasteiger charge is 2.37. The monoisotopic (exact) mass is 356 g/mol. The molecule has 2 aromatic carbocycles. The van der Waals surface area contributed by atoms with Gasteiger partial charge in [-0.15, -0.1) is 0 Å². The highest BCUT2D eigenvalue weighted by atomic mass is 16.2. The molecule has 1 aromatic heterocycles. The van der Waals surface area contributed by atoms with Crippen molar-refractivity contribution in [2.24, 2.45) is 7.05 Å². The highest BCUT2D eigenvalue weighted by molar-refractivity contribution is 6.34. The lowest BCUT2D eigenvalue weighted by molar-refractivity contribution is 0.0926. The molecule has 6 nitrogen and oxygen atoms in total. The van der Waals surface area contributed by atoms with Crippen molar-refractivity contribution in [3.8, 4) is 6.07 Å². The van der Waals surface area contributed by atoms with Gasteiger partial charge >= 0.3 is 0 Å². The van der Waals surface area contributed by atoms with Crippen LogP contribution >= 0.6 is 0 Å². The lowest BCUT2D eigenvalue weighted by Gasteiger charge is -2.18. The van der Waals surface area contributed by atoms with Crippen LogP contribution in [0.2, 0.25) is 0 Å². The number of rotatable bonds is 4. The predicted octanol–water partition coefficient (Wildman–Crippen LogP) is 2.88. The second-order valence-electron chi connectivity index (χ2n) is 6.40. The van der Waals surface area contributed by atoms with Gasteiger partial charge in [-0.2, -0.15) is 5.26 Å². The Morgan fingerprint density at radius 1 is 1.04 bits per heavy atom. The summed E-state index contributed by atoms with van der Waals surface area (Å²) in [6.07, 6.45) is 4.86. The number of fused-ring (bicyclic) bond motifs is 1. The van der Waals surface area contributed by atoms with E-state index in [0.29, 0.717) is 35.2 Å². The summed E-state index contributed by atoms with van der Waals surface area (Å²) in [6.45, 7) is 0. The van der Waals surface area contributed by atoms with Crippen LogP contribution in [0.3, 0.4) is 0 Å². The summed E-state index contributed by atoms with van der Waals surface area (Å²) in [7, 11) is 1.92. The van der Waals surface area contributed by atoms with Crippen LogP contribution in [0, 0.1) is 11.3 Å². The van der Waals surface area contributed by atoms with E-state index in [1.54, 1.807) is 48.7 Å². The van der Waals surface area contributed by atoms with Gasteiger partial charge < -0.3 is 4.57 Å². The van der Waals surface area contributed by atoms with E-state index in [1.807, 2.05) is 17.8 Å². The summed E-state index contributed by atoms with van der Waals surface area (Å²) in [6, 6.07) is 14.0. The molecule has 0 radical (unpaired) electrons. The SMILES string of the molecule is Cn1ccnc1CCc1ccc(C#N)cc1N1C(=O)c2ccccc2C1=O. The molecule has 2 amide bonds. The molecule has 1 aliphatic rings.